The standard InChI is InChI=1S/C14H24FP/c1-6-12(7-2)14(15)11-16(10-5)13(8-3)9-4/h8,11-12H,6-7,9H2,1-5H3/b13-8-,14-11+. The molecule has 0 aliphatic carbocycles. The van der Waals surface area contributed by atoms with E-state index in [0.717, 1.165) is 19.3 Å². The van der Waals surface area contributed by atoms with Crippen molar-refractivity contribution in [2.45, 2.75) is 53.9 Å². The molecule has 1 unspecified atom stereocenters. The van der Waals surface area contributed by atoms with E-state index in [1.165, 1.54) is 5.31 Å². The molecule has 0 radical (unpaired) electrons. The molecule has 0 saturated carbocycles. The molecule has 0 saturated heterocycles. The average molecular weight is 242 g/mol. The zero-order chi connectivity index (χ0) is 12.6. The topological polar surface area (TPSA) is 0 Å². The maximum atomic E-state index is 13.9. The molecule has 0 heterocycles. The Labute approximate surface area is 101 Å². The molecule has 1 atom stereocenters. The van der Waals surface area contributed by atoms with Gasteiger partial charge in [0, 0.05) is 11.7 Å². The molecule has 2 heteroatoms. The number of halogens is 1. The molecule has 0 N–H and O–H groups in total. The van der Waals surface area contributed by atoms with Crippen LogP contribution in [0.1, 0.15) is 53.9 Å². The van der Waals surface area contributed by atoms with Crippen LogP contribution in [0.2, 0.25) is 0 Å². The third-order valence-electron chi connectivity index (χ3n) is 2.87. The van der Waals surface area contributed by atoms with Gasteiger partial charge in [0.2, 0.25) is 0 Å². The van der Waals surface area contributed by atoms with E-state index < -0.39 is 7.38 Å². The second kappa shape index (κ2) is 8.62. The van der Waals surface area contributed by atoms with E-state index >= 15 is 0 Å². The molecular formula is C14H24FP. The number of allylic oxidation sites excluding steroid dienone is 3. The minimum absolute atomic E-state index is 0.0539. The maximum absolute atomic E-state index is 13.9. The Morgan fingerprint density at radius 1 is 1.31 bits per heavy atom. The summed E-state index contributed by atoms with van der Waals surface area (Å²) in [6.07, 6.45) is 4.83. The zero-order valence-electron chi connectivity index (χ0n) is 11.2. The Balaban J connectivity index is 5.02. The first kappa shape index (κ1) is 15.5. The average Bonchev–Trinajstić information content (AvgIpc) is 2.30. The molecule has 0 amide bonds. The van der Waals surface area contributed by atoms with Crippen LogP contribution >= 0.6 is 7.38 Å². The van der Waals surface area contributed by atoms with Crippen LogP contribution in [0, 0.1) is 11.5 Å². The van der Waals surface area contributed by atoms with Gasteiger partial charge in [-0.2, -0.15) is 0 Å². The van der Waals surface area contributed by atoms with Crippen LogP contribution in [0.4, 0.5) is 4.39 Å². The van der Waals surface area contributed by atoms with Crippen LogP contribution in [0.25, 0.3) is 0 Å². The van der Waals surface area contributed by atoms with Crippen molar-refractivity contribution in [3.05, 3.63) is 23.0 Å². The van der Waals surface area contributed by atoms with Crippen LogP contribution < -0.4 is 0 Å². The lowest BCUT2D eigenvalue weighted by Crippen LogP contribution is -1.96. The van der Waals surface area contributed by atoms with Gasteiger partial charge in [-0.15, -0.1) is 5.63 Å². The Bertz CT molecular complexity index is 335. The largest absolute Gasteiger partial charge is 0.211 e. The van der Waals surface area contributed by atoms with Crippen LogP contribution in [0.3, 0.4) is 0 Å². The summed E-state index contributed by atoms with van der Waals surface area (Å²) in [5.74, 6) is 1.94. The number of rotatable bonds is 4. The smallest absolute Gasteiger partial charge is 0.108 e. The molecule has 92 valence electrons. The Morgan fingerprint density at radius 2 is 1.88 bits per heavy atom. The van der Waals surface area contributed by atoms with Gasteiger partial charge in [0.25, 0.3) is 0 Å². The molecule has 0 fully saturated rings. The number of hydrogen-bond donors (Lipinski definition) is 0. The molecule has 0 aromatic rings. The SMILES string of the molecule is CC#P(/C=C(/F)C(CC)CC)/C(=C\C)CC. The molecular weight excluding hydrogens is 218 g/mol. The van der Waals surface area contributed by atoms with Crippen LogP contribution in [-0.4, -0.2) is 0 Å². The van der Waals surface area contributed by atoms with E-state index in [4.69, 9.17) is 0 Å². The van der Waals surface area contributed by atoms with Crippen molar-refractivity contribution < 1.29 is 4.39 Å². The van der Waals surface area contributed by atoms with E-state index in [0.29, 0.717) is 0 Å². The van der Waals surface area contributed by atoms with Crippen molar-refractivity contribution in [2.24, 2.45) is 5.92 Å². The Morgan fingerprint density at radius 3 is 2.19 bits per heavy atom. The molecule has 0 spiro atoms. The summed E-state index contributed by atoms with van der Waals surface area (Å²) in [5.41, 5.74) is 3.22. The van der Waals surface area contributed by atoms with E-state index in [9.17, 15) is 4.39 Å². The minimum atomic E-state index is -0.631. The van der Waals surface area contributed by atoms with Crippen molar-refractivity contribution in [1.82, 2.24) is 0 Å². The fourth-order valence-electron chi connectivity index (χ4n) is 1.71. The highest BCUT2D eigenvalue weighted by Gasteiger charge is 2.10. The van der Waals surface area contributed by atoms with Crippen molar-refractivity contribution in [1.29, 1.82) is 0 Å². The Hall–Kier alpha value is -0.510. The minimum Gasteiger partial charge on any atom is -0.211 e. The third kappa shape index (κ3) is 4.56. The van der Waals surface area contributed by atoms with Crippen LogP contribution in [-0.2, 0) is 0 Å². The second-order valence-corrected chi connectivity index (χ2v) is 5.77. The van der Waals surface area contributed by atoms with E-state index in [2.05, 4.69) is 18.6 Å². The normalized spacial score (nSPS) is 14.1. The predicted molar refractivity (Wildman–Crippen MR) is 73.8 cm³/mol. The summed E-state index contributed by atoms with van der Waals surface area (Å²) >= 11 is 0. The molecule has 0 nitrogen and oxygen atoms in total. The van der Waals surface area contributed by atoms with Gasteiger partial charge in [0.05, 0.1) is 0 Å². The number of hydrogen-bond acceptors (Lipinski definition) is 0. The Kier molecular flexibility index (Phi) is 8.35. The van der Waals surface area contributed by atoms with Gasteiger partial charge in [-0.05, 0) is 38.4 Å². The zero-order valence-corrected chi connectivity index (χ0v) is 12.1. The molecule has 16 heavy (non-hydrogen) atoms. The molecule has 0 bridgehead atoms. The van der Waals surface area contributed by atoms with E-state index in [-0.39, 0.29) is 11.7 Å². The van der Waals surface area contributed by atoms with E-state index in [1.807, 2.05) is 27.7 Å². The fraction of sp³-hybridized carbons (Fsp3) is 0.643. The van der Waals surface area contributed by atoms with Crippen molar-refractivity contribution in [3.63, 3.8) is 0 Å². The molecule has 0 rings (SSSR count). The second-order valence-electron chi connectivity index (χ2n) is 3.75. The van der Waals surface area contributed by atoms with Crippen LogP contribution in [0.15, 0.2) is 23.0 Å². The summed E-state index contributed by atoms with van der Waals surface area (Å²) < 4.78 is 13.9. The van der Waals surface area contributed by atoms with Gasteiger partial charge in [-0.1, -0.05) is 34.2 Å². The monoisotopic (exact) mass is 242 g/mol. The molecule has 0 aliphatic rings. The molecule has 0 aromatic carbocycles. The summed E-state index contributed by atoms with van der Waals surface area (Å²) in [4.78, 5) is 0. The van der Waals surface area contributed by atoms with Gasteiger partial charge >= 0.3 is 0 Å². The van der Waals surface area contributed by atoms with Crippen molar-refractivity contribution in [3.8, 4) is 5.63 Å². The van der Waals surface area contributed by atoms with Gasteiger partial charge in [0.1, 0.15) is 5.83 Å². The fourth-order valence-corrected chi connectivity index (χ4v) is 3.37. The van der Waals surface area contributed by atoms with Gasteiger partial charge in [-0.3, -0.25) is 0 Å². The third-order valence-corrected chi connectivity index (χ3v) is 5.05. The van der Waals surface area contributed by atoms with Gasteiger partial charge in [0.15, 0.2) is 0 Å². The quantitative estimate of drug-likeness (QED) is 0.530. The van der Waals surface area contributed by atoms with E-state index in [1.54, 1.807) is 5.82 Å². The van der Waals surface area contributed by atoms with Gasteiger partial charge in [-0.25, -0.2) is 4.39 Å². The lowest BCUT2D eigenvalue weighted by atomic mass is 10.0. The first-order chi connectivity index (χ1) is 7.64. The summed E-state index contributed by atoms with van der Waals surface area (Å²) in [5, 5.41) is 1.30. The van der Waals surface area contributed by atoms with Gasteiger partial charge < -0.3 is 0 Å². The molecule has 0 aromatic heterocycles. The van der Waals surface area contributed by atoms with Crippen LogP contribution in [0.5, 0.6) is 0 Å². The summed E-state index contributed by atoms with van der Waals surface area (Å²) in [6, 6.07) is 0. The predicted octanol–water partition coefficient (Wildman–Crippen LogP) is 6.01. The van der Waals surface area contributed by atoms with Crippen molar-refractivity contribution in [2.75, 3.05) is 0 Å². The van der Waals surface area contributed by atoms with Crippen molar-refractivity contribution >= 4 is 7.38 Å². The first-order valence-electron chi connectivity index (χ1n) is 6.13. The summed E-state index contributed by atoms with van der Waals surface area (Å²) in [7, 11) is -0.631. The highest BCUT2D eigenvalue weighted by molar-refractivity contribution is 7.54. The lowest BCUT2D eigenvalue weighted by molar-refractivity contribution is 0.445. The highest BCUT2D eigenvalue weighted by atomic mass is 31.1. The molecule has 0 aliphatic heterocycles. The lowest BCUT2D eigenvalue weighted by Gasteiger charge is -2.10. The maximum Gasteiger partial charge on any atom is 0.108 e. The highest BCUT2D eigenvalue weighted by Crippen LogP contribution is 2.38. The first-order valence-corrected chi connectivity index (χ1v) is 7.54. The summed E-state index contributed by atoms with van der Waals surface area (Å²) in [6.45, 7) is 10.1.